The molecule has 0 aliphatic heterocycles. The number of anilines is 1. The van der Waals surface area contributed by atoms with E-state index in [9.17, 15) is 9.59 Å². The van der Waals surface area contributed by atoms with E-state index < -0.39 is 0 Å². The largest absolute Gasteiger partial charge is 0.335 e. The minimum absolute atomic E-state index is 0.0115. The fraction of sp³-hybridized carbons (Fsp3) is 0.500. The van der Waals surface area contributed by atoms with E-state index in [-0.39, 0.29) is 17.6 Å². The van der Waals surface area contributed by atoms with Crippen molar-refractivity contribution in [2.45, 2.75) is 58.5 Å². The van der Waals surface area contributed by atoms with Crippen LogP contribution < -0.4 is 16.2 Å². The van der Waals surface area contributed by atoms with Gasteiger partial charge in [-0.05, 0) is 24.8 Å². The summed E-state index contributed by atoms with van der Waals surface area (Å²) in [4.78, 5) is 25.1. The zero-order valence-electron chi connectivity index (χ0n) is 15.0. The van der Waals surface area contributed by atoms with E-state index >= 15 is 0 Å². The lowest BCUT2D eigenvalue weighted by molar-refractivity contribution is 0.244. The molecule has 134 valence electrons. The zero-order chi connectivity index (χ0) is 17.8. The van der Waals surface area contributed by atoms with Gasteiger partial charge in [0.1, 0.15) is 0 Å². The number of nitrogens with zero attached hydrogens (tertiary/aromatic N) is 1. The predicted molar refractivity (Wildman–Crippen MR) is 102 cm³/mol. The molecule has 5 heteroatoms. The van der Waals surface area contributed by atoms with Crippen molar-refractivity contribution in [3.63, 3.8) is 0 Å². The SMILES string of the molecule is CC(C)Cn1cc(NC(=O)NC2CCCCC2)c2ccccc2c1=O. The van der Waals surface area contributed by atoms with Gasteiger partial charge < -0.3 is 15.2 Å². The van der Waals surface area contributed by atoms with Crippen molar-refractivity contribution in [2.24, 2.45) is 5.92 Å². The molecule has 25 heavy (non-hydrogen) atoms. The molecule has 1 fully saturated rings. The van der Waals surface area contributed by atoms with Gasteiger partial charge in [-0.1, -0.05) is 51.3 Å². The van der Waals surface area contributed by atoms with Crippen LogP contribution in [0.4, 0.5) is 10.5 Å². The van der Waals surface area contributed by atoms with Gasteiger partial charge in [-0.3, -0.25) is 4.79 Å². The van der Waals surface area contributed by atoms with Crippen LogP contribution in [-0.4, -0.2) is 16.6 Å². The zero-order valence-corrected chi connectivity index (χ0v) is 15.0. The second-order valence-corrected chi connectivity index (χ2v) is 7.37. The van der Waals surface area contributed by atoms with Crippen LogP contribution in [0.3, 0.4) is 0 Å². The van der Waals surface area contributed by atoms with Crippen molar-refractivity contribution in [3.8, 4) is 0 Å². The van der Waals surface area contributed by atoms with Crippen LogP contribution in [0, 0.1) is 5.92 Å². The Morgan fingerprint density at radius 2 is 1.84 bits per heavy atom. The Morgan fingerprint density at radius 1 is 1.16 bits per heavy atom. The highest BCUT2D eigenvalue weighted by Crippen LogP contribution is 2.22. The number of hydrogen-bond donors (Lipinski definition) is 2. The highest BCUT2D eigenvalue weighted by molar-refractivity contribution is 6.01. The van der Waals surface area contributed by atoms with E-state index in [1.165, 1.54) is 19.3 Å². The Bertz CT molecular complexity index is 804. The molecule has 0 radical (unpaired) electrons. The first-order valence-corrected chi connectivity index (χ1v) is 9.24. The van der Waals surface area contributed by atoms with Gasteiger partial charge in [0.25, 0.3) is 5.56 Å². The van der Waals surface area contributed by atoms with Crippen LogP contribution in [0.1, 0.15) is 46.0 Å². The fourth-order valence-electron chi connectivity index (χ4n) is 3.56. The summed E-state index contributed by atoms with van der Waals surface area (Å²) >= 11 is 0. The molecule has 0 bridgehead atoms. The lowest BCUT2D eigenvalue weighted by Crippen LogP contribution is -2.39. The third-order valence-electron chi connectivity index (χ3n) is 4.74. The monoisotopic (exact) mass is 341 g/mol. The molecule has 1 aromatic carbocycles. The molecule has 1 saturated carbocycles. The first kappa shape index (κ1) is 17.5. The number of carbonyl (C=O) groups excluding carboxylic acids is 1. The molecule has 2 N–H and O–H groups in total. The molecule has 0 atom stereocenters. The van der Waals surface area contributed by atoms with Crippen LogP contribution in [0.2, 0.25) is 0 Å². The topological polar surface area (TPSA) is 63.1 Å². The van der Waals surface area contributed by atoms with E-state index in [4.69, 9.17) is 0 Å². The third kappa shape index (κ3) is 4.21. The number of benzene rings is 1. The Kier molecular flexibility index (Phi) is 5.41. The molecule has 1 aromatic heterocycles. The number of pyridine rings is 1. The van der Waals surface area contributed by atoms with Crippen LogP contribution in [-0.2, 0) is 6.54 Å². The standard InChI is InChI=1S/C20H27N3O2/c1-14(2)12-23-13-18(16-10-6-7-11-17(16)19(23)24)22-20(25)21-15-8-4-3-5-9-15/h6-7,10-11,13-15H,3-5,8-9,12H2,1-2H3,(H2,21,22,25). The Hall–Kier alpha value is -2.30. The first-order valence-electron chi connectivity index (χ1n) is 9.24. The second kappa shape index (κ2) is 7.72. The average molecular weight is 341 g/mol. The van der Waals surface area contributed by atoms with Gasteiger partial charge in [0.05, 0.1) is 5.69 Å². The summed E-state index contributed by atoms with van der Waals surface area (Å²) in [5.74, 6) is 0.350. The first-order chi connectivity index (χ1) is 12.0. The van der Waals surface area contributed by atoms with Crippen LogP contribution in [0.15, 0.2) is 35.3 Å². The van der Waals surface area contributed by atoms with Crippen molar-refractivity contribution in [3.05, 3.63) is 40.8 Å². The van der Waals surface area contributed by atoms with Crippen molar-refractivity contribution in [2.75, 3.05) is 5.32 Å². The highest BCUT2D eigenvalue weighted by atomic mass is 16.2. The third-order valence-corrected chi connectivity index (χ3v) is 4.74. The number of nitrogens with one attached hydrogen (secondary N) is 2. The lowest BCUT2D eigenvalue weighted by atomic mass is 9.96. The van der Waals surface area contributed by atoms with Crippen molar-refractivity contribution >= 4 is 22.5 Å². The van der Waals surface area contributed by atoms with Gasteiger partial charge in [0, 0.05) is 29.6 Å². The predicted octanol–water partition coefficient (Wildman–Crippen LogP) is 4.11. The van der Waals surface area contributed by atoms with Crippen molar-refractivity contribution < 1.29 is 4.79 Å². The number of rotatable bonds is 4. The van der Waals surface area contributed by atoms with Crippen LogP contribution >= 0.6 is 0 Å². The molecule has 1 heterocycles. The molecule has 2 aromatic rings. The maximum Gasteiger partial charge on any atom is 0.319 e. The molecule has 0 saturated heterocycles. The molecular weight excluding hydrogens is 314 g/mol. The Labute approximate surface area is 148 Å². The van der Waals surface area contributed by atoms with Crippen molar-refractivity contribution in [1.29, 1.82) is 0 Å². The van der Waals surface area contributed by atoms with Gasteiger partial charge in [0.2, 0.25) is 0 Å². The summed E-state index contributed by atoms with van der Waals surface area (Å²) in [6.07, 6.45) is 7.46. The van der Waals surface area contributed by atoms with E-state index in [0.717, 1.165) is 18.2 Å². The second-order valence-electron chi connectivity index (χ2n) is 7.37. The average Bonchev–Trinajstić information content (AvgIpc) is 2.59. The molecule has 1 aliphatic carbocycles. The summed E-state index contributed by atoms with van der Waals surface area (Å²) < 4.78 is 1.70. The van der Waals surface area contributed by atoms with E-state index in [1.54, 1.807) is 10.8 Å². The fourth-order valence-corrected chi connectivity index (χ4v) is 3.56. The Balaban J connectivity index is 1.87. The summed E-state index contributed by atoms with van der Waals surface area (Å²) in [6, 6.07) is 7.51. The number of urea groups is 1. The number of carbonyl (C=O) groups is 1. The molecule has 0 unspecified atom stereocenters. The highest BCUT2D eigenvalue weighted by Gasteiger charge is 2.17. The minimum Gasteiger partial charge on any atom is -0.335 e. The number of fused-ring (bicyclic) bond motifs is 1. The number of amides is 2. The summed E-state index contributed by atoms with van der Waals surface area (Å²) in [6.45, 7) is 4.78. The normalized spacial score (nSPS) is 15.5. The molecular formula is C20H27N3O2. The number of aromatic nitrogens is 1. The van der Waals surface area contributed by atoms with Crippen LogP contribution in [0.5, 0.6) is 0 Å². The molecule has 0 spiro atoms. The van der Waals surface area contributed by atoms with Gasteiger partial charge in [-0.25, -0.2) is 4.79 Å². The van der Waals surface area contributed by atoms with Crippen molar-refractivity contribution in [1.82, 2.24) is 9.88 Å². The Morgan fingerprint density at radius 3 is 2.52 bits per heavy atom. The minimum atomic E-state index is -0.188. The quantitative estimate of drug-likeness (QED) is 0.879. The maximum absolute atomic E-state index is 12.7. The molecule has 3 rings (SSSR count). The summed E-state index contributed by atoms with van der Waals surface area (Å²) in [5.41, 5.74) is 0.673. The maximum atomic E-state index is 12.7. The van der Waals surface area contributed by atoms with E-state index in [1.807, 2.05) is 24.3 Å². The van der Waals surface area contributed by atoms with E-state index in [2.05, 4.69) is 24.5 Å². The van der Waals surface area contributed by atoms with Gasteiger partial charge in [-0.15, -0.1) is 0 Å². The van der Waals surface area contributed by atoms with Gasteiger partial charge in [0.15, 0.2) is 0 Å². The number of hydrogen-bond acceptors (Lipinski definition) is 2. The summed E-state index contributed by atoms with van der Waals surface area (Å²) in [7, 11) is 0. The smallest absolute Gasteiger partial charge is 0.319 e. The summed E-state index contributed by atoms with van der Waals surface area (Å²) in [5, 5.41) is 7.45. The lowest BCUT2D eigenvalue weighted by Gasteiger charge is -2.23. The molecule has 1 aliphatic rings. The van der Waals surface area contributed by atoms with Gasteiger partial charge in [-0.2, -0.15) is 0 Å². The van der Waals surface area contributed by atoms with E-state index in [0.29, 0.717) is 23.5 Å². The van der Waals surface area contributed by atoms with Gasteiger partial charge >= 0.3 is 6.03 Å². The molecule has 2 amide bonds. The molecule has 5 nitrogen and oxygen atoms in total. The van der Waals surface area contributed by atoms with Crippen LogP contribution in [0.25, 0.3) is 10.8 Å².